The molecule has 0 radical (unpaired) electrons. The van der Waals surface area contributed by atoms with Crippen LogP contribution >= 0.6 is 0 Å². The second-order valence-corrected chi connectivity index (χ2v) is 5.03. The highest BCUT2D eigenvalue weighted by Crippen LogP contribution is 2.20. The third kappa shape index (κ3) is 3.07. The monoisotopic (exact) mass is 250 g/mol. The molecule has 2 atom stereocenters. The third-order valence-electron chi connectivity index (χ3n) is 3.49. The number of piperidine rings is 1. The van der Waals surface area contributed by atoms with Gasteiger partial charge in [-0.05, 0) is 44.4 Å². The van der Waals surface area contributed by atoms with E-state index in [9.17, 15) is 9.18 Å². The number of rotatable bonds is 2. The Kier molecular flexibility index (Phi) is 3.97. The summed E-state index contributed by atoms with van der Waals surface area (Å²) in [7, 11) is 0. The first-order valence-electron chi connectivity index (χ1n) is 6.36. The highest BCUT2D eigenvalue weighted by atomic mass is 19.1. The topological polar surface area (TPSA) is 41.1 Å². The standard InChI is InChI=1S/C14H19FN2O/c1-9-3-6-12(15)7-13(9)17-14(18)11-5-4-10(2)16-8-11/h3,6-7,10-11,16H,4-5,8H2,1-2H3,(H,17,18). The predicted octanol–water partition coefficient (Wildman–Crippen LogP) is 2.46. The minimum atomic E-state index is -0.328. The van der Waals surface area contributed by atoms with Gasteiger partial charge in [0.1, 0.15) is 5.82 Å². The molecule has 0 spiro atoms. The van der Waals surface area contributed by atoms with Gasteiger partial charge in [0.25, 0.3) is 0 Å². The number of carbonyl (C=O) groups is 1. The SMILES string of the molecule is Cc1ccc(F)cc1NC(=O)C1CCC(C)NC1. The van der Waals surface area contributed by atoms with E-state index in [1.54, 1.807) is 6.07 Å². The van der Waals surface area contributed by atoms with E-state index in [0.717, 1.165) is 18.4 Å². The molecule has 4 heteroatoms. The Hall–Kier alpha value is -1.42. The van der Waals surface area contributed by atoms with Crippen molar-refractivity contribution in [2.45, 2.75) is 32.7 Å². The molecule has 1 fully saturated rings. The minimum Gasteiger partial charge on any atom is -0.325 e. The van der Waals surface area contributed by atoms with Gasteiger partial charge in [0, 0.05) is 18.3 Å². The minimum absolute atomic E-state index is 0.0242. The van der Waals surface area contributed by atoms with Crippen molar-refractivity contribution in [3.63, 3.8) is 0 Å². The molecule has 3 nitrogen and oxygen atoms in total. The van der Waals surface area contributed by atoms with Crippen molar-refractivity contribution in [1.29, 1.82) is 0 Å². The summed E-state index contributed by atoms with van der Waals surface area (Å²) < 4.78 is 13.1. The van der Waals surface area contributed by atoms with Crippen LogP contribution in [-0.2, 0) is 4.79 Å². The van der Waals surface area contributed by atoms with Crippen LogP contribution in [0, 0.1) is 18.7 Å². The van der Waals surface area contributed by atoms with Crippen LogP contribution in [0.5, 0.6) is 0 Å². The van der Waals surface area contributed by atoms with Gasteiger partial charge in [0.2, 0.25) is 5.91 Å². The average Bonchev–Trinajstić information content (AvgIpc) is 2.34. The summed E-state index contributed by atoms with van der Waals surface area (Å²) in [6.07, 6.45) is 1.88. The fraction of sp³-hybridized carbons (Fsp3) is 0.500. The Morgan fingerprint density at radius 2 is 2.22 bits per heavy atom. The van der Waals surface area contributed by atoms with E-state index >= 15 is 0 Å². The molecule has 1 aliphatic heterocycles. The summed E-state index contributed by atoms with van der Waals surface area (Å²) in [4.78, 5) is 12.1. The van der Waals surface area contributed by atoms with E-state index in [1.807, 2.05) is 6.92 Å². The van der Waals surface area contributed by atoms with Gasteiger partial charge >= 0.3 is 0 Å². The van der Waals surface area contributed by atoms with Gasteiger partial charge < -0.3 is 10.6 Å². The molecule has 18 heavy (non-hydrogen) atoms. The molecule has 0 aliphatic carbocycles. The summed E-state index contributed by atoms with van der Waals surface area (Å²) in [5, 5.41) is 6.11. The van der Waals surface area contributed by atoms with E-state index in [-0.39, 0.29) is 17.6 Å². The zero-order valence-corrected chi connectivity index (χ0v) is 10.8. The second-order valence-electron chi connectivity index (χ2n) is 5.03. The van der Waals surface area contributed by atoms with E-state index < -0.39 is 0 Å². The predicted molar refractivity (Wildman–Crippen MR) is 70.0 cm³/mol. The van der Waals surface area contributed by atoms with Gasteiger partial charge in [0.05, 0.1) is 5.92 Å². The molecule has 1 saturated heterocycles. The molecule has 0 bridgehead atoms. The Morgan fingerprint density at radius 1 is 1.44 bits per heavy atom. The summed E-state index contributed by atoms with van der Waals surface area (Å²) in [6.45, 7) is 4.67. The lowest BCUT2D eigenvalue weighted by atomic mass is 9.94. The molecule has 98 valence electrons. The maximum Gasteiger partial charge on any atom is 0.228 e. The molecule has 1 aliphatic rings. The van der Waals surface area contributed by atoms with Gasteiger partial charge in [-0.15, -0.1) is 0 Å². The van der Waals surface area contributed by atoms with Crippen LogP contribution in [0.25, 0.3) is 0 Å². The fourth-order valence-electron chi connectivity index (χ4n) is 2.19. The van der Waals surface area contributed by atoms with Crippen LogP contribution in [-0.4, -0.2) is 18.5 Å². The van der Waals surface area contributed by atoms with E-state index in [1.165, 1.54) is 12.1 Å². The lowest BCUT2D eigenvalue weighted by Crippen LogP contribution is -2.41. The van der Waals surface area contributed by atoms with Crippen molar-refractivity contribution in [2.24, 2.45) is 5.92 Å². The van der Waals surface area contributed by atoms with E-state index in [2.05, 4.69) is 17.6 Å². The Balaban J connectivity index is 2.00. The first kappa shape index (κ1) is 13.0. The number of hydrogen-bond donors (Lipinski definition) is 2. The van der Waals surface area contributed by atoms with Crippen molar-refractivity contribution in [2.75, 3.05) is 11.9 Å². The first-order chi connectivity index (χ1) is 8.56. The molecule has 2 N–H and O–H groups in total. The quantitative estimate of drug-likeness (QED) is 0.846. The average molecular weight is 250 g/mol. The maximum absolute atomic E-state index is 13.1. The van der Waals surface area contributed by atoms with Gasteiger partial charge in [-0.3, -0.25) is 4.79 Å². The van der Waals surface area contributed by atoms with Crippen molar-refractivity contribution in [3.05, 3.63) is 29.6 Å². The molecule has 2 unspecified atom stereocenters. The molecule has 1 heterocycles. The lowest BCUT2D eigenvalue weighted by molar-refractivity contribution is -0.120. The number of aryl methyl sites for hydroxylation is 1. The van der Waals surface area contributed by atoms with E-state index in [4.69, 9.17) is 0 Å². The highest BCUT2D eigenvalue weighted by molar-refractivity contribution is 5.93. The maximum atomic E-state index is 13.1. The Morgan fingerprint density at radius 3 is 2.89 bits per heavy atom. The smallest absolute Gasteiger partial charge is 0.228 e. The van der Waals surface area contributed by atoms with E-state index in [0.29, 0.717) is 18.3 Å². The van der Waals surface area contributed by atoms with Crippen LogP contribution in [0.4, 0.5) is 10.1 Å². The third-order valence-corrected chi connectivity index (χ3v) is 3.49. The largest absolute Gasteiger partial charge is 0.325 e. The molecule has 0 saturated carbocycles. The molecule has 1 aromatic rings. The normalized spacial score (nSPS) is 23.7. The van der Waals surface area contributed by atoms with Crippen LogP contribution in [0.1, 0.15) is 25.3 Å². The number of nitrogens with one attached hydrogen (secondary N) is 2. The van der Waals surface area contributed by atoms with Crippen molar-refractivity contribution in [1.82, 2.24) is 5.32 Å². The van der Waals surface area contributed by atoms with Crippen molar-refractivity contribution >= 4 is 11.6 Å². The van der Waals surface area contributed by atoms with Gasteiger partial charge in [-0.2, -0.15) is 0 Å². The van der Waals surface area contributed by atoms with Crippen LogP contribution < -0.4 is 10.6 Å². The number of anilines is 1. The number of carbonyl (C=O) groups excluding carboxylic acids is 1. The van der Waals surface area contributed by atoms with Crippen molar-refractivity contribution in [3.8, 4) is 0 Å². The van der Waals surface area contributed by atoms with Crippen LogP contribution in [0.2, 0.25) is 0 Å². The highest BCUT2D eigenvalue weighted by Gasteiger charge is 2.24. The van der Waals surface area contributed by atoms with Crippen LogP contribution in [0.15, 0.2) is 18.2 Å². The molecular formula is C14H19FN2O. The van der Waals surface area contributed by atoms with Crippen LogP contribution in [0.3, 0.4) is 0 Å². The summed E-state index contributed by atoms with van der Waals surface area (Å²) >= 11 is 0. The van der Waals surface area contributed by atoms with Gasteiger partial charge in [0.15, 0.2) is 0 Å². The Labute approximate surface area is 107 Å². The van der Waals surface area contributed by atoms with Crippen molar-refractivity contribution < 1.29 is 9.18 Å². The molecular weight excluding hydrogens is 231 g/mol. The number of benzene rings is 1. The number of hydrogen-bond acceptors (Lipinski definition) is 2. The molecule has 1 amide bonds. The number of amides is 1. The van der Waals surface area contributed by atoms with Gasteiger partial charge in [-0.25, -0.2) is 4.39 Å². The summed E-state index contributed by atoms with van der Waals surface area (Å²) in [5.41, 5.74) is 1.44. The Bertz CT molecular complexity index is 439. The fourth-order valence-corrected chi connectivity index (χ4v) is 2.19. The summed E-state index contributed by atoms with van der Waals surface area (Å²) in [5.74, 6) is -0.377. The molecule has 1 aromatic carbocycles. The zero-order chi connectivity index (χ0) is 13.1. The number of halogens is 1. The molecule has 0 aromatic heterocycles. The first-order valence-corrected chi connectivity index (χ1v) is 6.36. The molecule has 2 rings (SSSR count). The zero-order valence-electron chi connectivity index (χ0n) is 10.8. The van der Waals surface area contributed by atoms with Gasteiger partial charge in [-0.1, -0.05) is 6.07 Å². The second kappa shape index (κ2) is 5.48. The summed E-state index contributed by atoms with van der Waals surface area (Å²) in [6, 6.07) is 4.91. The lowest BCUT2D eigenvalue weighted by Gasteiger charge is -2.26.